The summed E-state index contributed by atoms with van der Waals surface area (Å²) in [4.78, 5) is 11.5. The van der Waals surface area contributed by atoms with Gasteiger partial charge in [-0.25, -0.2) is 0 Å². The molecule has 7 nitrogen and oxygen atoms in total. The Morgan fingerprint density at radius 2 is 1.90 bits per heavy atom. The van der Waals surface area contributed by atoms with Gasteiger partial charge in [0.1, 0.15) is 24.4 Å². The highest BCUT2D eigenvalue weighted by atomic mass is 19.4. The average molecular weight is 445 g/mol. The van der Waals surface area contributed by atoms with E-state index >= 15 is 0 Å². The fourth-order valence-corrected chi connectivity index (χ4v) is 3.72. The SMILES string of the molecule is C=C[C@@H](NC(=O)C(F)(F)F)[C@H]1O[C@H](OC)[C@H](OCc2ccccc2)[C@H]2OC(C)(C)O[C@H]21. The van der Waals surface area contributed by atoms with Gasteiger partial charge in [0.25, 0.3) is 0 Å². The number of hydrogen-bond donors (Lipinski definition) is 1. The molecule has 1 amide bonds. The number of carbonyl (C=O) groups excluding carboxylic acids is 1. The Morgan fingerprint density at radius 1 is 1.26 bits per heavy atom. The van der Waals surface area contributed by atoms with E-state index in [0.717, 1.165) is 11.6 Å². The minimum Gasteiger partial charge on any atom is -0.365 e. The molecule has 0 bridgehead atoms. The van der Waals surface area contributed by atoms with Gasteiger partial charge in [0.05, 0.1) is 12.6 Å². The van der Waals surface area contributed by atoms with E-state index in [1.165, 1.54) is 7.11 Å². The summed E-state index contributed by atoms with van der Waals surface area (Å²) in [6.45, 7) is 7.13. The van der Waals surface area contributed by atoms with Crippen molar-refractivity contribution in [3.05, 3.63) is 48.6 Å². The summed E-state index contributed by atoms with van der Waals surface area (Å²) in [6, 6.07) is 8.21. The van der Waals surface area contributed by atoms with Crippen LogP contribution in [0.15, 0.2) is 43.0 Å². The third-order valence-corrected chi connectivity index (χ3v) is 5.05. The number of amides is 1. The van der Waals surface area contributed by atoms with Crippen molar-refractivity contribution in [1.82, 2.24) is 5.32 Å². The van der Waals surface area contributed by atoms with E-state index in [4.69, 9.17) is 23.7 Å². The Hall–Kier alpha value is -1.98. The molecule has 2 fully saturated rings. The molecule has 31 heavy (non-hydrogen) atoms. The Morgan fingerprint density at radius 3 is 2.48 bits per heavy atom. The normalized spacial score (nSPS) is 31.0. The first-order valence-electron chi connectivity index (χ1n) is 9.75. The highest BCUT2D eigenvalue weighted by molar-refractivity contribution is 5.82. The van der Waals surface area contributed by atoms with Crippen molar-refractivity contribution in [2.75, 3.05) is 7.11 Å². The highest BCUT2D eigenvalue weighted by Gasteiger charge is 2.58. The molecule has 0 unspecified atom stereocenters. The van der Waals surface area contributed by atoms with E-state index in [0.29, 0.717) is 0 Å². The van der Waals surface area contributed by atoms with Gasteiger partial charge >= 0.3 is 12.1 Å². The van der Waals surface area contributed by atoms with Gasteiger partial charge in [0, 0.05) is 7.11 Å². The predicted octanol–water partition coefficient (Wildman–Crippen LogP) is 2.70. The quantitative estimate of drug-likeness (QED) is 0.651. The predicted molar refractivity (Wildman–Crippen MR) is 103 cm³/mol. The number of carbonyl (C=O) groups is 1. The standard InChI is InChI=1S/C21H26F3NO6/c1-5-13(25-19(26)21(22,23)24)14-15-16(31-20(2,3)30-15)17(18(27-4)29-14)28-11-12-9-7-6-8-10-12/h5-10,13-18H,1,11H2,2-4H3,(H,25,26)/t13-,14-,15+,16+,17-,18+/m1/s1. The molecule has 2 heterocycles. The van der Waals surface area contributed by atoms with Crippen molar-refractivity contribution < 1.29 is 41.7 Å². The maximum Gasteiger partial charge on any atom is 0.471 e. The summed E-state index contributed by atoms with van der Waals surface area (Å²) in [7, 11) is 1.39. The summed E-state index contributed by atoms with van der Waals surface area (Å²) in [5.41, 5.74) is 0.913. The first-order chi connectivity index (χ1) is 14.6. The zero-order chi connectivity index (χ0) is 22.8. The average Bonchev–Trinajstić information content (AvgIpc) is 3.04. The monoisotopic (exact) mass is 445 g/mol. The van der Waals surface area contributed by atoms with Crippen molar-refractivity contribution in [2.45, 2.75) is 69.2 Å². The number of nitrogens with one attached hydrogen (secondary N) is 1. The topological polar surface area (TPSA) is 75.3 Å². The molecule has 6 atom stereocenters. The van der Waals surface area contributed by atoms with Crippen molar-refractivity contribution in [3.8, 4) is 0 Å². The van der Waals surface area contributed by atoms with Crippen molar-refractivity contribution >= 4 is 5.91 Å². The van der Waals surface area contributed by atoms with Gasteiger partial charge in [-0.05, 0) is 19.4 Å². The molecule has 2 aliphatic heterocycles. The Bertz CT molecular complexity index is 772. The van der Waals surface area contributed by atoms with Gasteiger partial charge in [-0.3, -0.25) is 4.79 Å². The second-order valence-electron chi connectivity index (χ2n) is 7.76. The minimum absolute atomic E-state index is 0.238. The zero-order valence-electron chi connectivity index (χ0n) is 17.4. The van der Waals surface area contributed by atoms with Crippen LogP contribution in [-0.2, 0) is 35.1 Å². The van der Waals surface area contributed by atoms with Gasteiger partial charge in [0.15, 0.2) is 12.1 Å². The molecule has 2 saturated heterocycles. The summed E-state index contributed by atoms with van der Waals surface area (Å²) < 4.78 is 67.6. The molecule has 0 spiro atoms. The first kappa shape index (κ1) is 23.7. The number of fused-ring (bicyclic) bond motifs is 1. The molecule has 3 rings (SSSR count). The smallest absolute Gasteiger partial charge is 0.365 e. The van der Waals surface area contributed by atoms with E-state index < -0.39 is 54.6 Å². The largest absolute Gasteiger partial charge is 0.471 e. The Labute approximate surface area is 178 Å². The molecule has 1 aromatic carbocycles. The first-order valence-corrected chi connectivity index (χ1v) is 9.75. The molecule has 0 radical (unpaired) electrons. The van der Waals surface area contributed by atoms with Crippen LogP contribution in [0, 0.1) is 0 Å². The van der Waals surface area contributed by atoms with Crippen LogP contribution in [0.3, 0.4) is 0 Å². The van der Waals surface area contributed by atoms with Crippen LogP contribution in [0.5, 0.6) is 0 Å². The van der Waals surface area contributed by atoms with Crippen LogP contribution in [0.4, 0.5) is 13.2 Å². The Balaban J connectivity index is 1.82. The molecule has 0 aliphatic carbocycles. The van der Waals surface area contributed by atoms with Gasteiger partial charge in [-0.15, -0.1) is 6.58 Å². The van der Waals surface area contributed by atoms with E-state index in [9.17, 15) is 18.0 Å². The fourth-order valence-electron chi connectivity index (χ4n) is 3.72. The minimum atomic E-state index is -5.05. The molecule has 172 valence electrons. The lowest BCUT2D eigenvalue weighted by molar-refractivity contribution is -0.284. The molecule has 0 aromatic heterocycles. The molecule has 0 saturated carbocycles. The van der Waals surface area contributed by atoms with Crippen LogP contribution in [0.25, 0.3) is 0 Å². The lowest BCUT2D eigenvalue weighted by Gasteiger charge is -2.43. The molecule has 1 aromatic rings. The lowest BCUT2D eigenvalue weighted by atomic mass is 9.93. The molecular weight excluding hydrogens is 419 g/mol. The van der Waals surface area contributed by atoms with Crippen molar-refractivity contribution in [2.24, 2.45) is 0 Å². The number of hydrogen-bond acceptors (Lipinski definition) is 6. The summed E-state index contributed by atoms with van der Waals surface area (Å²) in [5.74, 6) is -3.15. The maximum atomic E-state index is 12.8. The van der Waals surface area contributed by atoms with Crippen LogP contribution in [0.1, 0.15) is 19.4 Å². The molecule has 1 N–H and O–H groups in total. The lowest BCUT2D eigenvalue weighted by Crippen LogP contribution is -2.63. The summed E-state index contributed by atoms with van der Waals surface area (Å²) in [5, 5.41) is 1.89. The van der Waals surface area contributed by atoms with Crippen LogP contribution < -0.4 is 5.32 Å². The van der Waals surface area contributed by atoms with E-state index in [-0.39, 0.29) is 6.61 Å². The summed E-state index contributed by atoms with van der Waals surface area (Å²) >= 11 is 0. The molecule has 2 aliphatic rings. The van der Waals surface area contributed by atoms with Crippen LogP contribution in [-0.4, -0.2) is 61.7 Å². The van der Waals surface area contributed by atoms with Crippen LogP contribution >= 0.6 is 0 Å². The highest BCUT2D eigenvalue weighted by Crippen LogP contribution is 2.40. The number of alkyl halides is 3. The fraction of sp³-hybridized carbons (Fsp3) is 0.571. The van der Waals surface area contributed by atoms with Gasteiger partial charge in [-0.1, -0.05) is 36.4 Å². The second-order valence-corrected chi connectivity index (χ2v) is 7.76. The van der Waals surface area contributed by atoms with Gasteiger partial charge in [0.2, 0.25) is 0 Å². The van der Waals surface area contributed by atoms with Gasteiger partial charge in [-0.2, -0.15) is 13.2 Å². The van der Waals surface area contributed by atoms with E-state index in [1.807, 2.05) is 35.6 Å². The van der Waals surface area contributed by atoms with Crippen molar-refractivity contribution in [1.29, 1.82) is 0 Å². The molecular formula is C21H26F3NO6. The second kappa shape index (κ2) is 9.25. The van der Waals surface area contributed by atoms with E-state index in [1.54, 1.807) is 13.8 Å². The summed E-state index contributed by atoms with van der Waals surface area (Å²) in [6.07, 6.45) is -8.18. The number of halogens is 3. The number of ether oxygens (including phenoxy) is 5. The van der Waals surface area contributed by atoms with Crippen LogP contribution in [0.2, 0.25) is 0 Å². The number of methoxy groups -OCH3 is 1. The number of benzene rings is 1. The third kappa shape index (κ3) is 5.45. The zero-order valence-corrected chi connectivity index (χ0v) is 17.4. The maximum absolute atomic E-state index is 12.8. The van der Waals surface area contributed by atoms with E-state index in [2.05, 4.69) is 6.58 Å². The molecule has 10 heteroatoms. The number of rotatable bonds is 7. The Kier molecular flexibility index (Phi) is 7.07. The van der Waals surface area contributed by atoms with Crippen molar-refractivity contribution in [3.63, 3.8) is 0 Å². The van der Waals surface area contributed by atoms with Gasteiger partial charge < -0.3 is 29.0 Å². The third-order valence-electron chi connectivity index (χ3n) is 5.05.